The molecule has 18 nitrogen and oxygen atoms in total. The Hall–Kier alpha value is -6.45. The van der Waals surface area contributed by atoms with Crippen molar-refractivity contribution in [1.82, 2.24) is 41.0 Å². The first-order chi connectivity index (χ1) is 40.8. The number of halogens is 2. The van der Waals surface area contributed by atoms with E-state index in [2.05, 4.69) is 73.0 Å². The molecule has 0 aliphatic carbocycles. The standard InChI is InChI=1S/C51H71Cl2N7O8.C9H11NO.C4H5NS/c1-8-68-44-32-40(50(4,5)6)15-20-43(44)48-57-51(7,39-13-18-42(53)19-14-39)47(38-11-16-41(52)17-12-38)60(48)49(64)59-25-23-58(24-26-59)33-45(62)55-22-27-65-28-29-66-30-31-67-34-46(63)56-37(3)36(2)10-9-21-54-35-61;1-8-2-4-9(5-3-8)6-10-7-11;1-4-2-6-3-5-4/h11-20,32,35-37,47H,8-10,21-31,33-34H2,1-7H3,(H,54,61)(H,55,62)(H,56,63);2-5,7H,6H2,1H3,(H,10,11);2-3H,1H3/t36?,37?,47?,51-;;/m1../s1. The number of benzene rings is 4. The van der Waals surface area contributed by atoms with Gasteiger partial charge in [-0.1, -0.05) is 111 Å². The van der Waals surface area contributed by atoms with Crippen LogP contribution in [0, 0.1) is 19.8 Å². The van der Waals surface area contributed by atoms with E-state index >= 15 is 4.79 Å². The molecule has 0 bridgehead atoms. The fourth-order valence-corrected chi connectivity index (χ4v) is 10.3. The summed E-state index contributed by atoms with van der Waals surface area (Å²) in [7, 11) is 0. The number of carbonyl (C=O) groups excluding carboxylic acids is 5. The van der Waals surface area contributed by atoms with Gasteiger partial charge in [0.1, 0.15) is 23.7 Å². The molecule has 0 saturated carbocycles. The van der Waals surface area contributed by atoms with Crippen LogP contribution in [0.3, 0.4) is 0 Å². The number of nitrogens with one attached hydrogen (secondary N) is 4. The molecule has 2 aliphatic rings. The number of hydrogen-bond acceptors (Lipinski definition) is 13. The number of aromatic nitrogens is 1. The van der Waals surface area contributed by atoms with Crippen LogP contribution in [0.25, 0.3) is 0 Å². The summed E-state index contributed by atoms with van der Waals surface area (Å²) in [5.41, 5.74) is 7.81. The zero-order valence-corrected chi connectivity index (χ0v) is 53.1. The number of aryl methyl sites for hydroxylation is 2. The number of amides is 6. The molecule has 462 valence electrons. The van der Waals surface area contributed by atoms with Gasteiger partial charge in [0.15, 0.2) is 0 Å². The van der Waals surface area contributed by atoms with Gasteiger partial charge in [-0.15, -0.1) is 11.3 Å². The first-order valence-electron chi connectivity index (χ1n) is 29.0. The largest absolute Gasteiger partial charge is 0.493 e. The minimum atomic E-state index is -0.931. The Kier molecular flexibility index (Phi) is 29.3. The van der Waals surface area contributed by atoms with Crippen LogP contribution in [0.2, 0.25) is 10.0 Å². The number of rotatable bonds is 28. The van der Waals surface area contributed by atoms with Gasteiger partial charge < -0.3 is 45.1 Å². The normalized spacial score (nSPS) is 16.6. The third-order valence-corrected chi connectivity index (χ3v) is 15.7. The molecular weight excluding hydrogens is 1140 g/mol. The molecule has 4 atom stereocenters. The van der Waals surface area contributed by atoms with Crippen molar-refractivity contribution in [3.8, 4) is 5.75 Å². The van der Waals surface area contributed by atoms with Gasteiger partial charge in [-0.3, -0.25) is 39.0 Å². The molecular formula is C64H87Cl2N9O9S. The summed E-state index contributed by atoms with van der Waals surface area (Å²) < 4.78 is 22.9. The van der Waals surface area contributed by atoms with Gasteiger partial charge in [0.25, 0.3) is 0 Å². The van der Waals surface area contributed by atoms with Crippen molar-refractivity contribution in [3.05, 3.63) is 151 Å². The van der Waals surface area contributed by atoms with E-state index in [0.717, 1.165) is 46.4 Å². The van der Waals surface area contributed by atoms with Crippen LogP contribution in [0.15, 0.2) is 107 Å². The van der Waals surface area contributed by atoms with E-state index in [-0.39, 0.29) is 55.0 Å². The predicted octanol–water partition coefficient (Wildman–Crippen LogP) is 9.67. The van der Waals surface area contributed by atoms with E-state index in [0.29, 0.717) is 113 Å². The molecule has 1 aromatic heterocycles. The molecule has 6 amide bonds. The highest BCUT2D eigenvalue weighted by molar-refractivity contribution is 7.07. The number of hydrogen-bond donors (Lipinski definition) is 4. The van der Waals surface area contributed by atoms with Crippen LogP contribution < -0.4 is 26.0 Å². The molecule has 5 aromatic rings. The van der Waals surface area contributed by atoms with E-state index in [1.165, 1.54) is 5.56 Å². The Bertz CT molecular complexity index is 2850. The summed E-state index contributed by atoms with van der Waals surface area (Å²) in [5.74, 6) is 1.12. The summed E-state index contributed by atoms with van der Waals surface area (Å²) >= 11 is 14.4. The number of nitrogens with zero attached hydrogens (tertiary/aromatic N) is 5. The van der Waals surface area contributed by atoms with Crippen molar-refractivity contribution in [2.24, 2.45) is 10.9 Å². The third kappa shape index (κ3) is 22.7. The fourth-order valence-electron chi connectivity index (χ4n) is 9.46. The minimum Gasteiger partial charge on any atom is -0.493 e. The number of carbonyl (C=O) groups is 5. The third-order valence-electron chi connectivity index (χ3n) is 14.5. The number of thiazole rings is 1. The fraction of sp³-hybridized carbons (Fsp3) is 0.484. The van der Waals surface area contributed by atoms with Crippen LogP contribution in [0.5, 0.6) is 5.75 Å². The zero-order valence-electron chi connectivity index (χ0n) is 50.8. The Morgan fingerprint density at radius 2 is 1.44 bits per heavy atom. The molecule has 3 unspecified atom stereocenters. The van der Waals surface area contributed by atoms with Gasteiger partial charge in [-0.05, 0) is 117 Å². The van der Waals surface area contributed by atoms with Gasteiger partial charge in [-0.25, -0.2) is 4.79 Å². The topological polar surface area (TPSA) is 205 Å². The molecule has 4 N–H and O–H groups in total. The predicted molar refractivity (Wildman–Crippen MR) is 338 cm³/mol. The zero-order chi connectivity index (χ0) is 61.8. The van der Waals surface area contributed by atoms with Gasteiger partial charge in [-0.2, -0.15) is 0 Å². The monoisotopic (exact) mass is 1230 g/mol. The van der Waals surface area contributed by atoms with Crippen molar-refractivity contribution in [1.29, 1.82) is 0 Å². The highest BCUT2D eigenvalue weighted by Crippen LogP contribution is 2.50. The van der Waals surface area contributed by atoms with Gasteiger partial charge in [0.05, 0.1) is 63.3 Å². The quantitative estimate of drug-likeness (QED) is 0.0274. The number of urea groups is 1. The summed E-state index contributed by atoms with van der Waals surface area (Å²) in [6.07, 6.45) is 3.14. The highest BCUT2D eigenvalue weighted by Gasteiger charge is 2.52. The van der Waals surface area contributed by atoms with E-state index in [9.17, 15) is 19.2 Å². The Morgan fingerprint density at radius 1 is 0.800 bits per heavy atom. The maximum absolute atomic E-state index is 15.2. The first kappa shape index (κ1) is 69.3. The Balaban J connectivity index is 0.000000662. The number of amidine groups is 1. The molecule has 1 fully saturated rings. The van der Waals surface area contributed by atoms with Crippen molar-refractivity contribution >= 4 is 71.0 Å². The molecule has 4 aromatic carbocycles. The van der Waals surface area contributed by atoms with Crippen LogP contribution >= 0.6 is 34.5 Å². The van der Waals surface area contributed by atoms with E-state index in [1.807, 2.05) is 132 Å². The number of piperazine rings is 1. The molecule has 21 heteroatoms. The van der Waals surface area contributed by atoms with E-state index in [1.54, 1.807) is 11.3 Å². The highest BCUT2D eigenvalue weighted by atomic mass is 35.5. The van der Waals surface area contributed by atoms with Crippen molar-refractivity contribution < 1.29 is 42.9 Å². The lowest BCUT2D eigenvalue weighted by Gasteiger charge is -2.40. The average Bonchev–Trinajstić information content (AvgIpc) is 2.94. The lowest BCUT2D eigenvalue weighted by Crippen LogP contribution is -2.56. The SMILES string of the molecule is CCOc1cc(C(C)(C)C)ccc1C1=N[C@](C)(c2ccc(Cl)cc2)C(c2ccc(Cl)cc2)N1C(=O)N1CCN(CC(=O)NCCOCCOCCOCC(=O)NC(C)C(C)CCCNC=O)CC1.Cc1ccc(CNC=O)cc1.Cc1cscn1. The van der Waals surface area contributed by atoms with Crippen LogP contribution in [0.1, 0.15) is 106 Å². The molecule has 85 heavy (non-hydrogen) atoms. The molecule has 0 radical (unpaired) electrons. The number of aliphatic imine (C=N–C) groups is 1. The molecule has 3 heterocycles. The minimum absolute atomic E-state index is 0.00552. The second-order valence-electron chi connectivity index (χ2n) is 22.1. The first-order valence-corrected chi connectivity index (χ1v) is 30.7. The molecule has 7 rings (SSSR count). The lowest BCUT2D eigenvalue weighted by molar-refractivity contribution is -0.127. The smallest absolute Gasteiger partial charge is 0.326 e. The Morgan fingerprint density at radius 3 is 2.02 bits per heavy atom. The van der Waals surface area contributed by atoms with Crippen molar-refractivity contribution in [2.45, 2.75) is 105 Å². The summed E-state index contributed by atoms with van der Waals surface area (Å²) in [5, 5.41) is 14.3. The maximum Gasteiger partial charge on any atom is 0.326 e. The average molecular weight is 1230 g/mol. The van der Waals surface area contributed by atoms with Gasteiger partial charge in [0, 0.05) is 73.0 Å². The van der Waals surface area contributed by atoms with Crippen LogP contribution in [0.4, 0.5) is 4.79 Å². The number of ether oxygens (including phenoxy) is 4. The Labute approximate surface area is 516 Å². The maximum atomic E-state index is 15.2. The second kappa shape index (κ2) is 35.9. The van der Waals surface area contributed by atoms with Crippen molar-refractivity contribution in [3.63, 3.8) is 0 Å². The van der Waals surface area contributed by atoms with E-state index in [4.69, 9.17) is 47.1 Å². The van der Waals surface area contributed by atoms with E-state index < -0.39 is 11.6 Å². The summed E-state index contributed by atoms with van der Waals surface area (Å²) in [6, 6.07) is 28.7. The summed E-state index contributed by atoms with van der Waals surface area (Å²) in [6.45, 7) is 24.1. The lowest BCUT2D eigenvalue weighted by atomic mass is 9.81. The van der Waals surface area contributed by atoms with Gasteiger partial charge in [0.2, 0.25) is 24.6 Å². The van der Waals surface area contributed by atoms with Crippen LogP contribution in [-0.4, -0.2) is 154 Å². The second-order valence-corrected chi connectivity index (χ2v) is 23.7. The summed E-state index contributed by atoms with van der Waals surface area (Å²) in [4.78, 5) is 75.8. The molecule has 0 spiro atoms. The molecule has 2 aliphatic heterocycles. The van der Waals surface area contributed by atoms with Crippen LogP contribution in [-0.2, 0) is 50.9 Å². The molecule has 1 saturated heterocycles. The van der Waals surface area contributed by atoms with Gasteiger partial charge >= 0.3 is 6.03 Å². The van der Waals surface area contributed by atoms with Crippen molar-refractivity contribution in [2.75, 3.05) is 92.1 Å².